The summed E-state index contributed by atoms with van der Waals surface area (Å²) in [6, 6.07) is 3.59. The number of sulfonamides is 1. The highest BCUT2D eigenvalue weighted by Gasteiger charge is 2.22. The lowest BCUT2D eigenvalue weighted by atomic mass is 10.2. The van der Waals surface area contributed by atoms with Crippen LogP contribution in [0.3, 0.4) is 0 Å². The molecule has 0 atom stereocenters. The van der Waals surface area contributed by atoms with Gasteiger partial charge in [0.1, 0.15) is 5.82 Å². The van der Waals surface area contributed by atoms with Crippen LogP contribution in [0.15, 0.2) is 29.7 Å². The number of hydrogen-bond donors (Lipinski definition) is 1. The maximum absolute atomic E-state index is 11.5. The molecule has 0 aliphatic carbocycles. The van der Waals surface area contributed by atoms with E-state index in [0.29, 0.717) is 12.2 Å². The number of aromatic nitrogens is 4. The number of nitrogens with zero attached hydrogens (tertiary/aromatic N) is 4. The minimum Gasteiger partial charge on any atom is -0.298 e. The molecule has 0 aliphatic heterocycles. The summed E-state index contributed by atoms with van der Waals surface area (Å²) in [5, 5.41) is 12.6. The predicted molar refractivity (Wildman–Crippen MR) is 68.8 cm³/mol. The molecule has 2 heterocycles. The van der Waals surface area contributed by atoms with Gasteiger partial charge in [-0.2, -0.15) is 0 Å². The van der Waals surface area contributed by atoms with Crippen LogP contribution >= 0.6 is 0 Å². The van der Waals surface area contributed by atoms with Crippen LogP contribution in [0.2, 0.25) is 0 Å². The van der Waals surface area contributed by atoms with E-state index in [9.17, 15) is 8.42 Å². The van der Waals surface area contributed by atoms with Gasteiger partial charge in [0.25, 0.3) is 15.2 Å². The van der Waals surface area contributed by atoms with Crippen molar-refractivity contribution >= 4 is 10.0 Å². The van der Waals surface area contributed by atoms with Crippen LogP contribution < -0.4 is 5.14 Å². The van der Waals surface area contributed by atoms with Crippen LogP contribution in [0.25, 0.3) is 0 Å². The predicted octanol–water partition coefficient (Wildman–Crippen LogP) is 0.492. The molecule has 0 aromatic carbocycles. The quantitative estimate of drug-likeness (QED) is 0.878. The van der Waals surface area contributed by atoms with Gasteiger partial charge in [-0.1, -0.05) is 0 Å². The fraction of sp³-hybridized carbons (Fsp3) is 0.364. The van der Waals surface area contributed by atoms with E-state index in [1.165, 1.54) is 4.57 Å². The van der Waals surface area contributed by atoms with Crippen molar-refractivity contribution in [1.29, 1.82) is 0 Å². The highest BCUT2D eigenvalue weighted by molar-refractivity contribution is 7.89. The average molecular weight is 281 g/mol. The second-order valence-corrected chi connectivity index (χ2v) is 5.89. The average Bonchev–Trinajstić information content (AvgIpc) is 2.74. The van der Waals surface area contributed by atoms with E-state index in [1.54, 1.807) is 12.4 Å². The molecule has 2 N–H and O–H groups in total. The number of rotatable bonds is 4. The summed E-state index contributed by atoms with van der Waals surface area (Å²) >= 11 is 0. The van der Waals surface area contributed by atoms with Gasteiger partial charge in [-0.15, -0.1) is 10.2 Å². The van der Waals surface area contributed by atoms with Crippen LogP contribution in [-0.4, -0.2) is 28.2 Å². The third-order valence-corrected chi connectivity index (χ3v) is 3.40. The minimum atomic E-state index is -3.87. The number of pyridine rings is 1. The zero-order valence-corrected chi connectivity index (χ0v) is 11.5. The first-order chi connectivity index (χ1) is 8.89. The van der Waals surface area contributed by atoms with E-state index < -0.39 is 10.0 Å². The summed E-state index contributed by atoms with van der Waals surface area (Å²) < 4.78 is 24.5. The Labute approximate surface area is 111 Å². The van der Waals surface area contributed by atoms with E-state index in [0.717, 1.165) is 5.56 Å². The van der Waals surface area contributed by atoms with Gasteiger partial charge in [-0.3, -0.25) is 9.55 Å². The van der Waals surface area contributed by atoms with Crippen LogP contribution in [0, 0.1) is 0 Å². The third kappa shape index (κ3) is 2.96. The van der Waals surface area contributed by atoms with Gasteiger partial charge < -0.3 is 0 Å². The second-order valence-electron chi connectivity index (χ2n) is 4.44. The molecule has 0 unspecified atom stereocenters. The molecule has 0 aliphatic rings. The van der Waals surface area contributed by atoms with E-state index in [2.05, 4.69) is 15.2 Å². The maximum atomic E-state index is 11.5. The molecule has 2 aromatic rings. The lowest BCUT2D eigenvalue weighted by molar-refractivity contribution is 0.507. The van der Waals surface area contributed by atoms with Crippen LogP contribution in [0.5, 0.6) is 0 Å². The van der Waals surface area contributed by atoms with Crippen LogP contribution in [-0.2, 0) is 16.4 Å². The van der Waals surface area contributed by atoms with Gasteiger partial charge in [0, 0.05) is 24.9 Å². The zero-order chi connectivity index (χ0) is 14.0. The highest BCUT2D eigenvalue weighted by Crippen LogP contribution is 2.17. The van der Waals surface area contributed by atoms with Crippen molar-refractivity contribution < 1.29 is 8.42 Å². The molecule has 0 amide bonds. The number of nitrogens with two attached hydrogens (primary N) is 1. The Morgan fingerprint density at radius 2 is 1.89 bits per heavy atom. The van der Waals surface area contributed by atoms with Crippen molar-refractivity contribution in [1.82, 2.24) is 19.7 Å². The van der Waals surface area contributed by atoms with Crippen molar-refractivity contribution in [2.45, 2.75) is 31.5 Å². The Balaban J connectivity index is 2.45. The third-order valence-electron chi connectivity index (χ3n) is 2.62. The topological polar surface area (TPSA) is 104 Å². The smallest absolute Gasteiger partial charge is 0.273 e. The van der Waals surface area contributed by atoms with Crippen LogP contribution in [0.1, 0.15) is 31.3 Å². The molecule has 102 valence electrons. The van der Waals surface area contributed by atoms with Crippen molar-refractivity contribution in [3.05, 3.63) is 35.9 Å². The lowest BCUT2D eigenvalue weighted by Gasteiger charge is -2.12. The molecule has 0 fully saturated rings. The summed E-state index contributed by atoms with van der Waals surface area (Å²) in [5.74, 6) is 0.560. The minimum absolute atomic E-state index is 0.0971. The highest BCUT2D eigenvalue weighted by atomic mass is 32.2. The molecule has 2 rings (SSSR count). The zero-order valence-electron chi connectivity index (χ0n) is 10.7. The molecule has 0 radical (unpaired) electrons. The Hall–Kier alpha value is -1.80. The summed E-state index contributed by atoms with van der Waals surface area (Å²) in [6.07, 6.45) is 3.82. The summed E-state index contributed by atoms with van der Waals surface area (Å²) in [7, 11) is -3.87. The molecule has 2 aromatic heterocycles. The molecule has 0 saturated heterocycles. The van der Waals surface area contributed by atoms with Gasteiger partial charge in [0.15, 0.2) is 0 Å². The summed E-state index contributed by atoms with van der Waals surface area (Å²) in [5.41, 5.74) is 0.977. The molecule has 7 nitrogen and oxygen atoms in total. The second kappa shape index (κ2) is 5.06. The lowest BCUT2D eigenvalue weighted by Crippen LogP contribution is -2.20. The van der Waals surface area contributed by atoms with Crippen molar-refractivity contribution in [2.75, 3.05) is 0 Å². The number of hydrogen-bond acceptors (Lipinski definition) is 5. The molecule has 19 heavy (non-hydrogen) atoms. The normalized spacial score (nSPS) is 12.0. The first kappa shape index (κ1) is 13.6. The SMILES string of the molecule is CC(C)n1c(Cc2ccncc2)nnc1S(N)(=O)=O. The Kier molecular flexibility index (Phi) is 3.63. The first-order valence-electron chi connectivity index (χ1n) is 5.75. The Morgan fingerprint density at radius 3 is 2.42 bits per heavy atom. The Bertz CT molecular complexity index is 664. The molecule has 0 bridgehead atoms. The maximum Gasteiger partial charge on any atom is 0.273 e. The monoisotopic (exact) mass is 281 g/mol. The molecule has 8 heteroatoms. The van der Waals surface area contributed by atoms with Gasteiger partial charge in [0.2, 0.25) is 0 Å². The fourth-order valence-corrected chi connectivity index (χ4v) is 2.57. The molecular formula is C11H15N5O2S. The number of primary sulfonamides is 1. The molecule has 0 saturated carbocycles. The largest absolute Gasteiger partial charge is 0.298 e. The van der Waals surface area contributed by atoms with E-state index in [1.807, 2.05) is 26.0 Å². The van der Waals surface area contributed by atoms with Crippen molar-refractivity contribution in [2.24, 2.45) is 5.14 Å². The summed E-state index contributed by atoms with van der Waals surface area (Å²) in [6.45, 7) is 3.71. The van der Waals surface area contributed by atoms with E-state index in [4.69, 9.17) is 5.14 Å². The Morgan fingerprint density at radius 1 is 1.26 bits per heavy atom. The van der Waals surface area contributed by atoms with Crippen molar-refractivity contribution in [3.63, 3.8) is 0 Å². The van der Waals surface area contributed by atoms with E-state index >= 15 is 0 Å². The molecular weight excluding hydrogens is 266 g/mol. The first-order valence-corrected chi connectivity index (χ1v) is 7.29. The van der Waals surface area contributed by atoms with Crippen LogP contribution in [0.4, 0.5) is 0 Å². The van der Waals surface area contributed by atoms with Gasteiger partial charge in [-0.05, 0) is 31.5 Å². The summed E-state index contributed by atoms with van der Waals surface area (Å²) in [4.78, 5) is 3.93. The van der Waals surface area contributed by atoms with Gasteiger partial charge in [-0.25, -0.2) is 13.6 Å². The van der Waals surface area contributed by atoms with Crippen molar-refractivity contribution in [3.8, 4) is 0 Å². The molecule has 0 spiro atoms. The van der Waals surface area contributed by atoms with Gasteiger partial charge in [0.05, 0.1) is 0 Å². The standard InChI is InChI=1S/C11H15N5O2S/c1-8(2)16-10(7-9-3-5-13-6-4-9)14-15-11(16)19(12,17)18/h3-6,8H,7H2,1-2H3,(H2,12,17,18). The fourth-order valence-electron chi connectivity index (χ4n) is 1.82. The van der Waals surface area contributed by atoms with E-state index in [-0.39, 0.29) is 11.2 Å². The van der Waals surface area contributed by atoms with Gasteiger partial charge >= 0.3 is 0 Å².